The maximum atomic E-state index is 9.10. The summed E-state index contributed by atoms with van der Waals surface area (Å²) in [6.45, 7) is 3.65. The molecule has 1 aromatic rings. The second kappa shape index (κ2) is 2.84. The summed E-state index contributed by atoms with van der Waals surface area (Å²) in [6, 6.07) is 9.53. The van der Waals surface area contributed by atoms with Crippen molar-refractivity contribution in [3.05, 3.63) is 35.4 Å². The second-order valence-corrected chi connectivity index (χ2v) is 2.39. The minimum absolute atomic E-state index is 0.434. The van der Waals surface area contributed by atoms with Crippen molar-refractivity contribution >= 4 is 0 Å². The molecule has 1 aromatic carbocycles. The Hall–Kier alpha value is -0.820. The van der Waals surface area contributed by atoms with E-state index in [4.69, 9.17) is 5.11 Å². The first-order valence-corrected chi connectivity index (χ1v) is 3.28. The van der Waals surface area contributed by atoms with Gasteiger partial charge in [-0.25, -0.2) is 0 Å². The molecule has 0 spiro atoms. The monoisotopic (exact) mass is 134 g/mol. The first-order valence-electron chi connectivity index (χ1n) is 3.28. The Morgan fingerprint density at radius 1 is 1.50 bits per heavy atom. The molecule has 52 valence electrons. The molecule has 10 heavy (non-hydrogen) atoms. The van der Waals surface area contributed by atoms with Gasteiger partial charge in [0.25, 0.3) is 0 Å². The normalized spacial score (nSPS) is 13.1. The van der Waals surface area contributed by atoms with Crippen molar-refractivity contribution in [1.82, 2.24) is 0 Å². The molecule has 1 nitrogen and oxygen atoms in total. The van der Waals surface area contributed by atoms with E-state index in [1.54, 1.807) is 13.0 Å². The Labute approximate surface area is 61.3 Å². The molecule has 0 aliphatic carbocycles. The summed E-state index contributed by atoms with van der Waals surface area (Å²) in [5.41, 5.74) is 1.82. The number of hydrogen-bond donors (Lipinski definition) is 1. The largest absolute Gasteiger partial charge is 0.389 e. The summed E-state index contributed by atoms with van der Waals surface area (Å²) in [4.78, 5) is 0. The van der Waals surface area contributed by atoms with Gasteiger partial charge < -0.3 is 5.11 Å². The van der Waals surface area contributed by atoms with E-state index >= 15 is 0 Å². The molecule has 0 fully saturated rings. The van der Waals surface area contributed by atoms with E-state index in [-0.39, 0.29) is 0 Å². The summed E-state index contributed by atoms with van der Waals surface area (Å²) in [6.07, 6.45) is -0.434. The molecule has 0 bridgehead atoms. The van der Waals surface area contributed by atoms with Crippen LogP contribution in [0.5, 0.6) is 0 Å². The van der Waals surface area contributed by atoms with Gasteiger partial charge in [-0.15, -0.1) is 0 Å². The van der Waals surface area contributed by atoms with Crippen molar-refractivity contribution in [3.8, 4) is 0 Å². The molecule has 0 heterocycles. The number of aliphatic hydroxyl groups excluding tert-OH is 1. The first-order chi connectivity index (χ1) is 4.70. The molecule has 1 N–H and O–H groups in total. The van der Waals surface area contributed by atoms with Gasteiger partial charge in [-0.3, -0.25) is 0 Å². The van der Waals surface area contributed by atoms with Gasteiger partial charge in [0.15, 0.2) is 0 Å². The Kier molecular flexibility index (Phi) is 2.07. The number of aliphatic hydroxyl groups is 1. The summed E-state index contributed by atoms with van der Waals surface area (Å²) in [7, 11) is 0. The van der Waals surface area contributed by atoms with Gasteiger partial charge in [-0.2, -0.15) is 0 Å². The average molecular weight is 134 g/mol. The quantitative estimate of drug-likeness (QED) is 0.619. The Bertz CT molecular complexity index is 216. The third-order valence-corrected chi connectivity index (χ3v) is 1.33. The molecule has 0 aliphatic rings. The van der Waals surface area contributed by atoms with Crippen molar-refractivity contribution in [2.75, 3.05) is 0 Å². The predicted octanol–water partition coefficient (Wildman–Crippen LogP) is 1.65. The molecule has 0 amide bonds. The lowest BCUT2D eigenvalue weighted by atomic mass is 10.1. The highest BCUT2D eigenvalue weighted by Crippen LogP contribution is 2.10. The van der Waals surface area contributed by atoms with Crippen LogP contribution in [0, 0.1) is 19.1 Å². The van der Waals surface area contributed by atoms with Gasteiger partial charge in [0.2, 0.25) is 0 Å². The van der Waals surface area contributed by atoms with Crippen LogP contribution in [0.2, 0.25) is 0 Å². The summed E-state index contributed by atoms with van der Waals surface area (Å²) in [5, 5.41) is 9.10. The van der Waals surface area contributed by atoms with Crippen LogP contribution in [0.1, 0.15) is 24.2 Å². The summed E-state index contributed by atoms with van der Waals surface area (Å²) < 4.78 is 0. The van der Waals surface area contributed by atoms with Crippen LogP contribution in [0.4, 0.5) is 0 Å². The van der Waals surface area contributed by atoms with E-state index in [0.29, 0.717) is 0 Å². The third kappa shape index (κ3) is 1.58. The molecule has 1 rings (SSSR count). The summed E-state index contributed by atoms with van der Waals surface area (Å²) >= 11 is 0. The third-order valence-electron chi connectivity index (χ3n) is 1.33. The van der Waals surface area contributed by atoms with Crippen molar-refractivity contribution in [2.24, 2.45) is 0 Å². The SMILES string of the molecule is Cc1[c]c(C(C)O)c[c]c1. The van der Waals surface area contributed by atoms with Gasteiger partial charge in [0.05, 0.1) is 6.10 Å². The number of aryl methyl sites for hydroxylation is 1. The predicted molar refractivity (Wildman–Crippen MR) is 39.5 cm³/mol. The van der Waals surface area contributed by atoms with E-state index < -0.39 is 6.10 Å². The van der Waals surface area contributed by atoms with E-state index in [9.17, 15) is 0 Å². The van der Waals surface area contributed by atoms with Gasteiger partial charge in [-0.1, -0.05) is 6.07 Å². The Morgan fingerprint density at radius 3 is 2.60 bits per heavy atom. The molecule has 1 heteroatoms. The second-order valence-electron chi connectivity index (χ2n) is 2.39. The highest BCUT2D eigenvalue weighted by atomic mass is 16.3. The molecular formula is C9H10O. The maximum Gasteiger partial charge on any atom is 0.0768 e. The fourth-order valence-electron chi connectivity index (χ4n) is 0.781. The lowest BCUT2D eigenvalue weighted by molar-refractivity contribution is 0.199. The number of hydrogen-bond acceptors (Lipinski definition) is 1. The molecule has 2 radical (unpaired) electrons. The topological polar surface area (TPSA) is 20.2 Å². The highest BCUT2D eigenvalue weighted by Gasteiger charge is 1.98. The molecule has 1 unspecified atom stereocenters. The molecular weight excluding hydrogens is 124 g/mol. The van der Waals surface area contributed by atoms with Crippen molar-refractivity contribution in [1.29, 1.82) is 0 Å². The van der Waals surface area contributed by atoms with Crippen LogP contribution >= 0.6 is 0 Å². The van der Waals surface area contributed by atoms with Crippen LogP contribution < -0.4 is 0 Å². The minimum Gasteiger partial charge on any atom is -0.389 e. The molecule has 0 aromatic heterocycles. The van der Waals surface area contributed by atoms with Gasteiger partial charge in [0, 0.05) is 0 Å². The molecule has 0 aliphatic heterocycles. The van der Waals surface area contributed by atoms with Crippen LogP contribution in [0.25, 0.3) is 0 Å². The zero-order chi connectivity index (χ0) is 7.56. The van der Waals surface area contributed by atoms with Crippen LogP contribution in [0.3, 0.4) is 0 Å². The average Bonchev–Trinajstić information content (AvgIpc) is 1.88. The number of rotatable bonds is 1. The van der Waals surface area contributed by atoms with Crippen molar-refractivity contribution in [2.45, 2.75) is 20.0 Å². The van der Waals surface area contributed by atoms with E-state index in [1.165, 1.54) is 0 Å². The smallest absolute Gasteiger partial charge is 0.0768 e. The highest BCUT2D eigenvalue weighted by molar-refractivity contribution is 5.20. The standard InChI is InChI=1S/C9H10O/c1-7-4-3-5-9(6-7)8(2)10/h4-5,8,10H,1-2H3. The molecule has 1 atom stereocenters. The zero-order valence-electron chi connectivity index (χ0n) is 6.18. The van der Waals surface area contributed by atoms with Crippen LogP contribution in [0.15, 0.2) is 12.1 Å². The molecule has 0 saturated heterocycles. The van der Waals surface area contributed by atoms with Crippen LogP contribution in [-0.4, -0.2) is 5.11 Å². The van der Waals surface area contributed by atoms with Gasteiger partial charge >= 0.3 is 0 Å². The fourth-order valence-corrected chi connectivity index (χ4v) is 0.781. The minimum atomic E-state index is -0.434. The zero-order valence-corrected chi connectivity index (χ0v) is 6.18. The number of benzene rings is 1. The lowest BCUT2D eigenvalue weighted by Crippen LogP contribution is -1.90. The Morgan fingerprint density at radius 2 is 2.20 bits per heavy atom. The van der Waals surface area contributed by atoms with Gasteiger partial charge in [-0.05, 0) is 43.2 Å². The van der Waals surface area contributed by atoms with Gasteiger partial charge in [0.1, 0.15) is 0 Å². The van der Waals surface area contributed by atoms with E-state index in [2.05, 4.69) is 12.1 Å². The fraction of sp³-hybridized carbons (Fsp3) is 0.333. The van der Waals surface area contributed by atoms with Crippen molar-refractivity contribution in [3.63, 3.8) is 0 Å². The van der Waals surface area contributed by atoms with E-state index in [0.717, 1.165) is 11.1 Å². The van der Waals surface area contributed by atoms with E-state index in [1.807, 2.05) is 13.0 Å². The maximum absolute atomic E-state index is 9.10. The first kappa shape index (κ1) is 7.29. The summed E-state index contributed by atoms with van der Waals surface area (Å²) in [5.74, 6) is 0. The Balaban J connectivity index is 2.96. The van der Waals surface area contributed by atoms with Crippen molar-refractivity contribution < 1.29 is 5.11 Å². The lowest BCUT2D eigenvalue weighted by Gasteiger charge is -2.02. The van der Waals surface area contributed by atoms with Crippen LogP contribution in [-0.2, 0) is 0 Å². The molecule has 0 saturated carbocycles.